The molecule has 0 atom stereocenters. The van der Waals surface area contributed by atoms with Gasteiger partial charge in [-0.3, -0.25) is 14.5 Å². The first kappa shape index (κ1) is 59.5. The quantitative estimate of drug-likeness (QED) is 0.0636. The lowest BCUT2D eigenvalue weighted by Crippen LogP contribution is -3.00. The summed E-state index contributed by atoms with van der Waals surface area (Å²) in [5.41, 5.74) is 6.06. The summed E-state index contributed by atoms with van der Waals surface area (Å²) in [5.74, 6) is -0.763. The van der Waals surface area contributed by atoms with E-state index in [1.807, 2.05) is 108 Å². The Morgan fingerprint density at radius 3 is 1.56 bits per heavy atom. The van der Waals surface area contributed by atoms with Crippen LogP contribution in [0.3, 0.4) is 0 Å². The van der Waals surface area contributed by atoms with Crippen molar-refractivity contribution in [2.24, 2.45) is 0 Å². The number of carbonyl (C=O) groups excluding carboxylic acids is 2. The highest BCUT2D eigenvalue weighted by Gasteiger charge is 2.18. The van der Waals surface area contributed by atoms with Crippen molar-refractivity contribution in [3.63, 3.8) is 0 Å². The van der Waals surface area contributed by atoms with Crippen molar-refractivity contribution >= 4 is 82.7 Å². The molecule has 8 aromatic rings. The van der Waals surface area contributed by atoms with E-state index in [-0.39, 0.29) is 35.5 Å². The average molecular weight is 1060 g/mol. The molecular formula is C56H69ClFN5O8S2. The van der Waals surface area contributed by atoms with Crippen LogP contribution >= 0.6 is 22.7 Å². The number of carbonyl (C=O) groups is 2. The maximum absolute atomic E-state index is 13.2. The lowest BCUT2D eigenvalue weighted by atomic mass is 10.1. The Morgan fingerprint density at radius 2 is 1.14 bits per heavy atom. The molecule has 0 aliphatic heterocycles. The highest BCUT2D eigenvalue weighted by molar-refractivity contribution is 7.22. The van der Waals surface area contributed by atoms with Gasteiger partial charge in [-0.25, -0.2) is 23.9 Å². The number of anilines is 1. The van der Waals surface area contributed by atoms with Gasteiger partial charge >= 0.3 is 23.2 Å². The summed E-state index contributed by atoms with van der Waals surface area (Å²) in [7, 11) is 0. The Labute approximate surface area is 440 Å². The van der Waals surface area contributed by atoms with Gasteiger partial charge in [0.15, 0.2) is 0 Å². The fourth-order valence-electron chi connectivity index (χ4n) is 7.43. The van der Waals surface area contributed by atoms with E-state index >= 15 is 0 Å². The second kappa shape index (κ2) is 27.3. The Kier molecular flexibility index (Phi) is 22.3. The number of rotatable bonds is 13. The van der Waals surface area contributed by atoms with E-state index in [2.05, 4.69) is 60.5 Å². The molecule has 0 aliphatic rings. The number of thiazole rings is 2. The Morgan fingerprint density at radius 1 is 0.685 bits per heavy atom. The van der Waals surface area contributed by atoms with Gasteiger partial charge in [-0.1, -0.05) is 31.2 Å². The average Bonchev–Trinajstić information content (AvgIpc) is 3.94. The number of quaternary nitrogens is 1. The molecule has 17 heteroatoms. The number of hydrogen-bond acceptors (Lipinski definition) is 14. The minimum Gasteiger partial charge on any atom is -1.00 e. The van der Waals surface area contributed by atoms with Crippen LogP contribution in [0.5, 0.6) is 0 Å². The molecule has 13 nitrogen and oxygen atoms in total. The molecule has 0 fully saturated rings. The number of nitrogens with zero attached hydrogens (tertiary/aromatic N) is 3. The Balaban J connectivity index is 0.000000237. The molecule has 0 amide bonds. The molecule has 0 saturated heterocycles. The van der Waals surface area contributed by atoms with Crippen LogP contribution in [0.1, 0.15) is 102 Å². The highest BCUT2D eigenvalue weighted by Crippen LogP contribution is 2.32. The largest absolute Gasteiger partial charge is 1.00 e. The zero-order valence-corrected chi connectivity index (χ0v) is 46.1. The molecule has 8 rings (SSSR count). The summed E-state index contributed by atoms with van der Waals surface area (Å²) in [4.78, 5) is 58.9. The van der Waals surface area contributed by atoms with Gasteiger partial charge in [-0.2, -0.15) is 0 Å². The van der Waals surface area contributed by atoms with Gasteiger partial charge in [-0.15, -0.1) is 22.7 Å². The Bertz CT molecular complexity index is 3120. The first-order valence-electron chi connectivity index (χ1n) is 24.3. The second-order valence-corrected chi connectivity index (χ2v) is 21.5. The number of nitrogens with one attached hydrogen (secondary N) is 1. The van der Waals surface area contributed by atoms with Gasteiger partial charge in [0, 0.05) is 60.1 Å². The van der Waals surface area contributed by atoms with Crippen molar-refractivity contribution in [1.82, 2.24) is 14.9 Å². The smallest absolute Gasteiger partial charge is 0.346 e. The lowest BCUT2D eigenvalue weighted by Gasteiger charge is -2.28. The fraction of sp³-hybridized carbons (Fsp3) is 0.393. The van der Waals surface area contributed by atoms with Crippen LogP contribution in [0.15, 0.2) is 115 Å². The number of halogens is 2. The number of ether oxygens (including phenoxy) is 2. The normalized spacial score (nSPS) is 11.4. The van der Waals surface area contributed by atoms with Crippen molar-refractivity contribution < 1.29 is 50.4 Å². The zero-order valence-electron chi connectivity index (χ0n) is 43.7. The molecule has 4 aromatic heterocycles. The van der Waals surface area contributed by atoms with Crippen LogP contribution in [0.25, 0.3) is 63.5 Å². The molecule has 0 aliphatic carbocycles. The van der Waals surface area contributed by atoms with Crippen molar-refractivity contribution in [3.8, 4) is 21.1 Å². The third-order valence-corrected chi connectivity index (χ3v) is 12.7. The number of hydrogen-bond donors (Lipinski definition) is 2. The first-order chi connectivity index (χ1) is 34.0. The summed E-state index contributed by atoms with van der Waals surface area (Å²) >= 11 is 2.91. The molecule has 0 spiro atoms. The number of benzene rings is 4. The minimum atomic E-state index is -0.507. The lowest BCUT2D eigenvalue weighted by molar-refractivity contribution is -0.368. The maximum atomic E-state index is 13.2. The third kappa shape index (κ3) is 18.4. The van der Waals surface area contributed by atoms with E-state index in [1.165, 1.54) is 34.8 Å². The number of fused-ring (bicyclic) bond motifs is 4. The zero-order chi connectivity index (χ0) is 52.8. The molecule has 0 unspecified atom stereocenters. The van der Waals surface area contributed by atoms with Crippen molar-refractivity contribution in [2.75, 3.05) is 25.0 Å². The minimum absolute atomic E-state index is 0. The molecule has 4 N–H and O–H groups in total. The van der Waals surface area contributed by atoms with Crippen LogP contribution in [-0.4, -0.2) is 69.7 Å². The standard InChI is InChI=1S/C24H24N2O4S.C16H8FNO2S.C8H17NO2.C8H19N.ClH/c1-24(2,3)30-21(27)9-6-12-25-16-11-10-15-13-17(23(28)29-19(15)14-16)22-26-18-7-4-5-8-20(18)31-22;17-10-6-5-9-7-11(16(19)20-13(9)8-10)15-18-12-3-1-2-4-14(12)21-15;1-8(2,3)11-7(10)5-4-6-9;1-6-9(7(2)3)8(4)5;/h4-5,7-8,10-11,13-14,25H,6,9,12H2,1-3H3;1-8H;4-6,9H2,1-3H3;7-8H,6H2,1-5H3;1H. The number of aromatic nitrogens is 2. The fourth-order valence-corrected chi connectivity index (χ4v) is 9.36. The monoisotopic (exact) mass is 1060 g/mol. The van der Waals surface area contributed by atoms with Crippen LogP contribution in [0.2, 0.25) is 0 Å². The summed E-state index contributed by atoms with van der Waals surface area (Å²) in [6, 6.07) is 30.1. The van der Waals surface area contributed by atoms with Gasteiger partial charge in [0.1, 0.15) is 38.2 Å². The molecule has 0 bridgehead atoms. The van der Waals surface area contributed by atoms with Gasteiger partial charge in [0.2, 0.25) is 0 Å². The van der Waals surface area contributed by atoms with E-state index in [4.69, 9.17) is 18.3 Å². The number of para-hydroxylation sites is 2. The third-order valence-electron chi connectivity index (χ3n) is 10.5. The number of esters is 2. The first-order valence-corrected chi connectivity index (χ1v) is 25.9. The van der Waals surface area contributed by atoms with Crippen molar-refractivity contribution in [2.45, 2.75) is 125 Å². The van der Waals surface area contributed by atoms with Crippen LogP contribution in [0.4, 0.5) is 10.1 Å². The van der Waals surface area contributed by atoms with Crippen LogP contribution < -0.4 is 34.7 Å². The van der Waals surface area contributed by atoms with E-state index < -0.39 is 22.7 Å². The topological polar surface area (TPSA) is 182 Å². The van der Waals surface area contributed by atoms with Gasteiger partial charge in [0.05, 0.1) is 44.5 Å². The molecular weight excluding hydrogens is 989 g/mol. The van der Waals surface area contributed by atoms with E-state index in [9.17, 15) is 23.6 Å². The van der Waals surface area contributed by atoms with E-state index in [0.29, 0.717) is 70.0 Å². The summed E-state index contributed by atoms with van der Waals surface area (Å²) < 4.78 is 36.4. The molecule has 0 saturated carbocycles. The van der Waals surface area contributed by atoms with Crippen molar-refractivity contribution in [1.29, 1.82) is 0 Å². The van der Waals surface area contributed by atoms with Crippen molar-refractivity contribution in [3.05, 3.63) is 124 Å². The molecule has 4 aromatic carbocycles. The van der Waals surface area contributed by atoms with E-state index in [1.54, 1.807) is 18.2 Å². The Hall–Kier alpha value is -6.04. The summed E-state index contributed by atoms with van der Waals surface area (Å²) in [5, 5.41) is 6.02. The predicted molar refractivity (Wildman–Crippen MR) is 291 cm³/mol. The molecule has 4 heterocycles. The molecule has 392 valence electrons. The SMILES string of the molecule is CC(C)(C)OC(=O)CCCNc1ccc2cc(-c3nc4ccccc4s3)c(=O)oc2c1.CC(C)(C)OC(=O)CCC[NH3+].CCN(C(C)C)C(C)C.O=c1oc2cc(F)ccc2cc1-c1nc2ccccc2s1.[Cl-]. The van der Waals surface area contributed by atoms with Gasteiger partial charge in [0.25, 0.3) is 0 Å². The molecule has 73 heavy (non-hydrogen) atoms. The van der Waals surface area contributed by atoms with Gasteiger partial charge < -0.3 is 41.8 Å². The molecule has 0 radical (unpaired) electrons. The summed E-state index contributed by atoms with van der Waals surface area (Å²) in [6.07, 6.45) is 2.29. The highest BCUT2D eigenvalue weighted by atomic mass is 35.5. The van der Waals surface area contributed by atoms with Crippen LogP contribution in [0, 0.1) is 5.82 Å². The van der Waals surface area contributed by atoms with E-state index in [0.717, 1.165) is 51.0 Å². The predicted octanol–water partition coefficient (Wildman–Crippen LogP) is 9.29. The van der Waals surface area contributed by atoms with Gasteiger partial charge in [-0.05, 0) is 143 Å². The second-order valence-electron chi connectivity index (χ2n) is 19.5. The maximum Gasteiger partial charge on any atom is 0.346 e. The van der Waals surface area contributed by atoms with Crippen LogP contribution in [-0.2, 0) is 19.1 Å². The summed E-state index contributed by atoms with van der Waals surface area (Å²) in [6.45, 7) is 24.9.